The average molecular weight is 343 g/mol. The first-order valence-electron chi connectivity index (χ1n) is 9.19. The number of rotatable bonds is 10. The minimum Gasteiger partial charge on any atom is -0.466 e. The Kier molecular flexibility index (Phi) is 8.70. The number of esters is 1. The van der Waals surface area contributed by atoms with Crippen LogP contribution in [0.2, 0.25) is 0 Å². The van der Waals surface area contributed by atoms with Gasteiger partial charge in [-0.15, -0.1) is 0 Å². The molecule has 1 radical (unpaired) electrons. The largest absolute Gasteiger partial charge is 0.466 e. The predicted molar refractivity (Wildman–Crippen MR) is 99.8 cm³/mol. The van der Waals surface area contributed by atoms with Crippen molar-refractivity contribution in [3.05, 3.63) is 35.9 Å². The highest BCUT2D eigenvalue weighted by atomic mass is 16.5. The van der Waals surface area contributed by atoms with Crippen molar-refractivity contribution >= 4 is 19.6 Å². The number of hydrogen-bond donors (Lipinski definition) is 0. The average Bonchev–Trinajstić information content (AvgIpc) is 2.63. The molecule has 0 unspecified atom stereocenters. The predicted octanol–water partition coefficient (Wildman–Crippen LogP) is 2.11. The van der Waals surface area contributed by atoms with E-state index in [0.29, 0.717) is 25.5 Å². The van der Waals surface area contributed by atoms with Crippen LogP contribution in [0.25, 0.3) is 0 Å². The highest BCUT2D eigenvalue weighted by molar-refractivity contribution is 6.64. The van der Waals surface area contributed by atoms with E-state index in [2.05, 4.69) is 34.0 Å². The van der Waals surface area contributed by atoms with Gasteiger partial charge in [0.15, 0.2) is 0 Å². The summed E-state index contributed by atoms with van der Waals surface area (Å²) in [4.78, 5) is 27.0. The van der Waals surface area contributed by atoms with Crippen molar-refractivity contribution in [3.63, 3.8) is 0 Å². The van der Waals surface area contributed by atoms with Crippen LogP contribution in [0.4, 0.5) is 0 Å². The molecule has 0 spiro atoms. The number of ether oxygens (including phenoxy) is 1. The Morgan fingerprint density at radius 2 is 2.04 bits per heavy atom. The van der Waals surface area contributed by atoms with Crippen molar-refractivity contribution in [2.45, 2.75) is 45.2 Å². The minimum atomic E-state index is -0.161. The van der Waals surface area contributed by atoms with E-state index in [1.54, 1.807) is 7.41 Å². The van der Waals surface area contributed by atoms with E-state index in [4.69, 9.17) is 4.74 Å². The zero-order valence-corrected chi connectivity index (χ0v) is 15.1. The molecule has 1 aliphatic heterocycles. The second-order valence-corrected chi connectivity index (χ2v) is 6.42. The SMILES string of the molecule is CCOC(=O)CCCN([B]C=O)C1CCN(Cc2ccccc2)CC1. The molecule has 1 aromatic carbocycles. The van der Waals surface area contributed by atoms with Gasteiger partial charge < -0.3 is 14.3 Å². The third-order valence-electron chi connectivity index (χ3n) is 4.63. The van der Waals surface area contributed by atoms with Crippen LogP contribution in [0, 0.1) is 0 Å². The van der Waals surface area contributed by atoms with Crippen LogP contribution >= 0.6 is 0 Å². The van der Waals surface area contributed by atoms with Crippen LogP contribution in [0.1, 0.15) is 38.2 Å². The second-order valence-electron chi connectivity index (χ2n) is 6.42. The van der Waals surface area contributed by atoms with E-state index in [1.807, 2.05) is 13.0 Å². The molecular weight excluding hydrogens is 315 g/mol. The van der Waals surface area contributed by atoms with Gasteiger partial charge in [0.05, 0.1) is 12.8 Å². The molecule has 0 bridgehead atoms. The topological polar surface area (TPSA) is 49.9 Å². The molecule has 5 nitrogen and oxygen atoms in total. The highest BCUT2D eigenvalue weighted by Gasteiger charge is 2.24. The van der Waals surface area contributed by atoms with Gasteiger partial charge >= 0.3 is 5.97 Å². The van der Waals surface area contributed by atoms with E-state index in [-0.39, 0.29) is 5.97 Å². The molecule has 0 N–H and O–H groups in total. The lowest BCUT2D eigenvalue weighted by molar-refractivity contribution is -0.143. The van der Waals surface area contributed by atoms with Gasteiger partial charge in [-0.2, -0.15) is 0 Å². The molecule has 6 heteroatoms. The number of benzene rings is 1. The van der Waals surface area contributed by atoms with Crippen molar-refractivity contribution in [2.75, 3.05) is 26.2 Å². The fraction of sp³-hybridized carbons (Fsp3) is 0.579. The summed E-state index contributed by atoms with van der Waals surface area (Å²) in [6.07, 6.45) is 4.05. The van der Waals surface area contributed by atoms with Gasteiger partial charge in [0, 0.05) is 19.0 Å². The first-order chi connectivity index (χ1) is 12.2. The minimum absolute atomic E-state index is 0.161. The summed E-state index contributed by atoms with van der Waals surface area (Å²) in [6, 6.07) is 10.9. The molecule has 0 saturated carbocycles. The van der Waals surface area contributed by atoms with E-state index >= 15 is 0 Å². The summed E-state index contributed by atoms with van der Waals surface area (Å²) in [5.41, 5.74) is 1.34. The van der Waals surface area contributed by atoms with Gasteiger partial charge in [0.2, 0.25) is 0 Å². The zero-order valence-electron chi connectivity index (χ0n) is 15.1. The molecule has 1 saturated heterocycles. The van der Waals surface area contributed by atoms with Gasteiger partial charge in [0.25, 0.3) is 7.41 Å². The summed E-state index contributed by atoms with van der Waals surface area (Å²) in [7, 11) is 1.63. The van der Waals surface area contributed by atoms with Gasteiger partial charge in [-0.3, -0.25) is 9.69 Å². The van der Waals surface area contributed by atoms with Crippen LogP contribution in [-0.2, 0) is 20.9 Å². The van der Waals surface area contributed by atoms with Crippen molar-refractivity contribution in [1.29, 1.82) is 0 Å². The third-order valence-corrected chi connectivity index (χ3v) is 4.63. The maximum atomic E-state index is 11.4. The second kappa shape index (κ2) is 11.1. The summed E-state index contributed by atoms with van der Waals surface area (Å²) in [5.74, 6) is -0.161. The molecule has 25 heavy (non-hydrogen) atoms. The summed E-state index contributed by atoms with van der Waals surface area (Å²) in [6.45, 7) is 5.99. The van der Waals surface area contributed by atoms with Crippen molar-refractivity contribution in [2.24, 2.45) is 0 Å². The van der Waals surface area contributed by atoms with Gasteiger partial charge in [0.1, 0.15) is 0 Å². The standard InChI is InChI=1S/C19H28BN2O3/c1-2-25-19(24)9-6-12-22(20-16-23)18-10-13-21(14-11-18)15-17-7-4-3-5-8-17/h3-5,7-8,16,18H,2,6,9-15H2,1H3. The molecule has 0 atom stereocenters. The van der Waals surface area contributed by atoms with Crippen LogP contribution in [0.3, 0.4) is 0 Å². The lowest BCUT2D eigenvalue weighted by atomic mass is 9.87. The Hall–Kier alpha value is -1.66. The molecule has 1 aliphatic rings. The first-order valence-corrected chi connectivity index (χ1v) is 9.19. The van der Waals surface area contributed by atoms with E-state index in [0.717, 1.165) is 45.2 Å². The molecule has 1 aromatic rings. The molecular formula is C19H28BN2O3. The zero-order chi connectivity index (χ0) is 17.9. The van der Waals surface area contributed by atoms with Gasteiger partial charge in [-0.1, -0.05) is 30.3 Å². The quantitative estimate of drug-likeness (QED) is 0.370. The van der Waals surface area contributed by atoms with Crippen molar-refractivity contribution < 1.29 is 14.3 Å². The maximum Gasteiger partial charge on any atom is 0.305 e. The van der Waals surface area contributed by atoms with Crippen molar-refractivity contribution in [1.82, 2.24) is 9.71 Å². The third kappa shape index (κ3) is 7.00. The first kappa shape index (κ1) is 19.7. The molecule has 0 amide bonds. The fourth-order valence-corrected chi connectivity index (χ4v) is 3.35. The van der Waals surface area contributed by atoms with E-state index < -0.39 is 0 Å². The number of hydrogen-bond acceptors (Lipinski definition) is 5. The highest BCUT2D eigenvalue weighted by Crippen LogP contribution is 2.18. The number of carbonyl (C=O) groups is 2. The number of piperidine rings is 1. The molecule has 2 rings (SSSR count). The van der Waals surface area contributed by atoms with Crippen LogP contribution in [0.15, 0.2) is 30.3 Å². The summed E-state index contributed by atoms with van der Waals surface area (Å²) >= 11 is 0. The lowest BCUT2D eigenvalue weighted by Gasteiger charge is -2.38. The van der Waals surface area contributed by atoms with Crippen molar-refractivity contribution in [3.8, 4) is 0 Å². The Balaban J connectivity index is 1.75. The summed E-state index contributed by atoms with van der Waals surface area (Å²) in [5, 5.41) is 0. The molecule has 0 aliphatic carbocycles. The maximum absolute atomic E-state index is 11.4. The fourth-order valence-electron chi connectivity index (χ4n) is 3.35. The number of carbonyl (C=O) groups excluding carboxylic acids is 2. The van der Waals surface area contributed by atoms with Crippen LogP contribution < -0.4 is 0 Å². The lowest BCUT2D eigenvalue weighted by Crippen LogP contribution is -2.47. The van der Waals surface area contributed by atoms with E-state index in [9.17, 15) is 9.59 Å². The Bertz CT molecular complexity index is 519. The smallest absolute Gasteiger partial charge is 0.305 e. The van der Waals surface area contributed by atoms with Crippen LogP contribution in [0.5, 0.6) is 0 Å². The normalized spacial score (nSPS) is 15.9. The Labute approximate surface area is 151 Å². The monoisotopic (exact) mass is 343 g/mol. The van der Waals surface area contributed by atoms with Gasteiger partial charge in [-0.25, -0.2) is 0 Å². The van der Waals surface area contributed by atoms with Crippen LogP contribution in [-0.4, -0.2) is 61.6 Å². The Morgan fingerprint density at radius 3 is 2.68 bits per heavy atom. The number of nitrogens with zero attached hydrogens (tertiary/aromatic N) is 2. The Morgan fingerprint density at radius 1 is 1.32 bits per heavy atom. The van der Waals surface area contributed by atoms with E-state index in [1.165, 1.54) is 5.56 Å². The molecule has 135 valence electrons. The van der Waals surface area contributed by atoms with Gasteiger partial charge in [-0.05, 0) is 51.4 Å². The molecule has 1 fully saturated rings. The molecule has 1 heterocycles. The number of likely N-dealkylation sites (tertiary alicyclic amines) is 1. The summed E-state index contributed by atoms with van der Waals surface area (Å²) < 4.78 is 4.96. The molecule has 0 aromatic heterocycles.